The van der Waals surface area contributed by atoms with Gasteiger partial charge in [-0.05, 0) is 56.7 Å². The number of hydrogen-bond donors (Lipinski definition) is 1. The maximum atomic E-state index is 12.9. The van der Waals surface area contributed by atoms with Crippen LogP contribution in [0.3, 0.4) is 0 Å². The lowest BCUT2D eigenvalue weighted by atomic mass is 9.93. The van der Waals surface area contributed by atoms with E-state index in [1.54, 1.807) is 35.2 Å². The van der Waals surface area contributed by atoms with Crippen LogP contribution >= 0.6 is 0 Å². The van der Waals surface area contributed by atoms with E-state index in [0.717, 1.165) is 5.56 Å². The normalized spacial score (nSPS) is 15.0. The number of fused-ring (bicyclic) bond motifs is 1. The van der Waals surface area contributed by atoms with Crippen LogP contribution in [0, 0.1) is 12.3 Å². The van der Waals surface area contributed by atoms with Crippen molar-refractivity contribution in [2.45, 2.75) is 20.8 Å². The van der Waals surface area contributed by atoms with Gasteiger partial charge >= 0.3 is 0 Å². The molecule has 0 bridgehead atoms. The summed E-state index contributed by atoms with van der Waals surface area (Å²) in [4.78, 5) is 26.9. The largest absolute Gasteiger partial charge is 0.490 e. The first-order valence-electron chi connectivity index (χ1n) is 9.49. The molecule has 152 valence electrons. The molecule has 0 radical (unpaired) electrons. The molecule has 0 spiro atoms. The van der Waals surface area contributed by atoms with Gasteiger partial charge in [-0.1, -0.05) is 18.2 Å². The maximum Gasteiger partial charge on any atom is 0.262 e. The van der Waals surface area contributed by atoms with Crippen molar-refractivity contribution in [1.82, 2.24) is 0 Å². The van der Waals surface area contributed by atoms with Crippen molar-refractivity contribution in [3.05, 3.63) is 60.7 Å². The minimum atomic E-state index is -0.660. The van der Waals surface area contributed by atoms with Crippen LogP contribution < -0.4 is 19.7 Å². The van der Waals surface area contributed by atoms with Crippen molar-refractivity contribution in [2.24, 2.45) is 5.41 Å². The molecule has 1 aliphatic rings. The van der Waals surface area contributed by atoms with Gasteiger partial charge in [-0.25, -0.2) is 0 Å². The molecular formula is C23H26N2O4. The second-order valence-corrected chi connectivity index (χ2v) is 7.71. The topological polar surface area (TPSA) is 67.9 Å². The van der Waals surface area contributed by atoms with Crippen molar-refractivity contribution in [3.8, 4) is 11.5 Å². The zero-order valence-corrected chi connectivity index (χ0v) is 17.0. The van der Waals surface area contributed by atoms with Gasteiger partial charge in [-0.2, -0.15) is 0 Å². The molecule has 0 atom stereocenters. The summed E-state index contributed by atoms with van der Waals surface area (Å²) < 4.78 is 11.4. The van der Waals surface area contributed by atoms with Gasteiger partial charge in [-0.15, -0.1) is 6.58 Å². The van der Waals surface area contributed by atoms with Gasteiger partial charge in [0.05, 0.1) is 11.1 Å². The number of carbonyl (C=O) groups excluding carboxylic acids is 2. The monoisotopic (exact) mass is 394 g/mol. The van der Waals surface area contributed by atoms with E-state index in [-0.39, 0.29) is 25.0 Å². The van der Waals surface area contributed by atoms with Gasteiger partial charge in [0.15, 0.2) is 6.61 Å². The molecule has 0 fully saturated rings. The fraction of sp³-hybridized carbons (Fsp3) is 0.304. The second-order valence-electron chi connectivity index (χ2n) is 7.71. The smallest absolute Gasteiger partial charge is 0.262 e. The van der Waals surface area contributed by atoms with Gasteiger partial charge < -0.3 is 19.7 Å². The highest BCUT2D eigenvalue weighted by atomic mass is 16.5. The fourth-order valence-electron chi connectivity index (χ4n) is 3.08. The minimum absolute atomic E-state index is 0.0533. The van der Waals surface area contributed by atoms with E-state index < -0.39 is 5.41 Å². The summed E-state index contributed by atoms with van der Waals surface area (Å²) in [7, 11) is 0. The standard InChI is InChI=1S/C23H26N2O4/c1-5-11-25-19-13-17(9-10-20(19)29-15-23(3,4)22(25)27)24-21(26)14-28-18-8-6-7-16(2)12-18/h5-10,12-13H,1,11,14-15H2,2-4H3,(H,24,26). The number of nitrogens with one attached hydrogen (secondary N) is 1. The SMILES string of the molecule is C=CCN1C(=O)C(C)(C)COc2ccc(NC(=O)COc3cccc(C)c3)cc21. The Kier molecular flexibility index (Phi) is 5.92. The molecule has 1 heterocycles. The first kappa shape index (κ1) is 20.5. The first-order chi connectivity index (χ1) is 13.8. The van der Waals surface area contributed by atoms with Crippen molar-refractivity contribution in [2.75, 3.05) is 30.0 Å². The first-order valence-corrected chi connectivity index (χ1v) is 9.49. The van der Waals surface area contributed by atoms with Gasteiger partial charge in [0, 0.05) is 12.2 Å². The van der Waals surface area contributed by atoms with E-state index >= 15 is 0 Å². The summed E-state index contributed by atoms with van der Waals surface area (Å²) in [6.45, 7) is 9.93. The summed E-state index contributed by atoms with van der Waals surface area (Å²) in [5.74, 6) is 0.894. The van der Waals surface area contributed by atoms with E-state index in [4.69, 9.17) is 9.47 Å². The molecule has 6 heteroatoms. The van der Waals surface area contributed by atoms with Crippen LogP contribution in [0.2, 0.25) is 0 Å². The zero-order chi connectivity index (χ0) is 21.0. The highest BCUT2D eigenvalue weighted by Gasteiger charge is 2.37. The highest BCUT2D eigenvalue weighted by molar-refractivity contribution is 6.01. The molecule has 1 N–H and O–H groups in total. The number of ether oxygens (including phenoxy) is 2. The number of amides is 2. The molecule has 6 nitrogen and oxygen atoms in total. The van der Waals surface area contributed by atoms with E-state index in [1.165, 1.54) is 0 Å². The molecule has 2 aromatic rings. The van der Waals surface area contributed by atoms with Crippen molar-refractivity contribution in [3.63, 3.8) is 0 Å². The van der Waals surface area contributed by atoms with Crippen molar-refractivity contribution >= 4 is 23.2 Å². The number of rotatable bonds is 6. The molecule has 0 saturated heterocycles. The number of aryl methyl sites for hydroxylation is 1. The van der Waals surface area contributed by atoms with Gasteiger partial charge in [0.2, 0.25) is 5.91 Å². The van der Waals surface area contributed by atoms with Crippen LogP contribution in [0.25, 0.3) is 0 Å². The quantitative estimate of drug-likeness (QED) is 0.754. The summed E-state index contributed by atoms with van der Waals surface area (Å²) in [6.07, 6.45) is 1.67. The lowest BCUT2D eigenvalue weighted by Crippen LogP contribution is -2.42. The molecular weight excluding hydrogens is 368 g/mol. The average Bonchev–Trinajstić information content (AvgIpc) is 2.77. The lowest BCUT2D eigenvalue weighted by Gasteiger charge is -2.27. The summed E-state index contributed by atoms with van der Waals surface area (Å²) in [5, 5.41) is 2.81. The van der Waals surface area contributed by atoms with Gasteiger partial charge in [0.1, 0.15) is 18.1 Å². The number of carbonyl (C=O) groups is 2. The Bertz CT molecular complexity index is 936. The van der Waals surface area contributed by atoms with E-state index in [2.05, 4.69) is 11.9 Å². The van der Waals surface area contributed by atoms with Crippen LogP contribution in [0.5, 0.6) is 11.5 Å². The molecule has 2 amide bonds. The molecule has 3 rings (SSSR count). The third kappa shape index (κ3) is 4.77. The van der Waals surface area contributed by atoms with Crippen LogP contribution in [0.1, 0.15) is 19.4 Å². The predicted molar refractivity (Wildman–Crippen MR) is 114 cm³/mol. The molecule has 2 aromatic carbocycles. The molecule has 0 aromatic heterocycles. The van der Waals surface area contributed by atoms with Crippen LogP contribution in [-0.2, 0) is 9.59 Å². The Balaban J connectivity index is 1.75. The predicted octanol–water partition coefficient (Wildman–Crippen LogP) is 3.95. The summed E-state index contributed by atoms with van der Waals surface area (Å²) in [6, 6.07) is 12.8. The Labute approximate surface area is 171 Å². The summed E-state index contributed by atoms with van der Waals surface area (Å²) in [5.41, 5.74) is 1.57. The molecule has 0 unspecified atom stereocenters. The van der Waals surface area contributed by atoms with Crippen molar-refractivity contribution in [1.29, 1.82) is 0 Å². The minimum Gasteiger partial charge on any atom is -0.490 e. The molecule has 1 aliphatic heterocycles. The number of anilines is 2. The van der Waals surface area contributed by atoms with Crippen molar-refractivity contribution < 1.29 is 19.1 Å². The van der Waals surface area contributed by atoms with Crippen LogP contribution in [-0.4, -0.2) is 31.6 Å². The fourth-order valence-corrected chi connectivity index (χ4v) is 3.08. The Morgan fingerprint density at radius 2 is 2.10 bits per heavy atom. The average molecular weight is 394 g/mol. The Hall–Kier alpha value is -3.28. The molecule has 0 saturated carbocycles. The lowest BCUT2D eigenvalue weighted by molar-refractivity contribution is -0.127. The van der Waals surface area contributed by atoms with E-state index in [1.807, 2.05) is 39.0 Å². The number of hydrogen-bond acceptors (Lipinski definition) is 4. The Morgan fingerprint density at radius 1 is 1.31 bits per heavy atom. The highest BCUT2D eigenvalue weighted by Crippen LogP contribution is 2.38. The maximum absolute atomic E-state index is 12.9. The summed E-state index contributed by atoms with van der Waals surface area (Å²) >= 11 is 0. The Morgan fingerprint density at radius 3 is 2.83 bits per heavy atom. The van der Waals surface area contributed by atoms with E-state index in [0.29, 0.717) is 29.4 Å². The zero-order valence-electron chi connectivity index (χ0n) is 17.0. The second kappa shape index (κ2) is 8.39. The third-order valence-electron chi connectivity index (χ3n) is 4.62. The van der Waals surface area contributed by atoms with Crippen LogP contribution in [0.4, 0.5) is 11.4 Å². The number of benzene rings is 2. The molecule has 29 heavy (non-hydrogen) atoms. The van der Waals surface area contributed by atoms with Gasteiger partial charge in [0.25, 0.3) is 5.91 Å². The number of nitrogens with zero attached hydrogens (tertiary/aromatic N) is 1. The van der Waals surface area contributed by atoms with E-state index in [9.17, 15) is 9.59 Å². The third-order valence-corrected chi connectivity index (χ3v) is 4.62. The van der Waals surface area contributed by atoms with Gasteiger partial charge in [-0.3, -0.25) is 9.59 Å². The van der Waals surface area contributed by atoms with Crippen LogP contribution in [0.15, 0.2) is 55.1 Å². The molecule has 0 aliphatic carbocycles.